The lowest BCUT2D eigenvalue weighted by Crippen LogP contribution is -2.49. The minimum absolute atomic E-state index is 0.326. The predicted octanol–water partition coefficient (Wildman–Crippen LogP) is 2.74. The molecule has 0 unspecified atom stereocenters. The molecule has 7 nitrogen and oxygen atoms in total. The molecule has 1 saturated carbocycles. The zero-order chi connectivity index (χ0) is 18.1. The van der Waals surface area contributed by atoms with Crippen LogP contribution in [0.5, 0.6) is 0 Å². The highest BCUT2D eigenvalue weighted by atomic mass is 79.9. The van der Waals surface area contributed by atoms with Crippen LogP contribution in [-0.4, -0.2) is 56.7 Å². The number of aromatic nitrogens is 4. The molecule has 0 spiro atoms. The maximum absolute atomic E-state index is 12.6. The van der Waals surface area contributed by atoms with Gasteiger partial charge in [0.1, 0.15) is 16.7 Å². The second-order valence-electron chi connectivity index (χ2n) is 7.39. The van der Waals surface area contributed by atoms with Gasteiger partial charge in [0.25, 0.3) is 0 Å². The first-order valence-electron chi connectivity index (χ1n) is 9.49. The van der Waals surface area contributed by atoms with E-state index in [0.29, 0.717) is 11.8 Å². The normalized spacial score (nSPS) is 19.3. The Morgan fingerprint density at radius 2 is 1.88 bits per heavy atom. The maximum atomic E-state index is 12.6. The van der Waals surface area contributed by atoms with Crippen molar-refractivity contribution < 1.29 is 4.79 Å². The molecule has 2 aromatic heterocycles. The summed E-state index contributed by atoms with van der Waals surface area (Å²) < 4.78 is 2.52. The molecular weight excluding hydrogens is 396 g/mol. The number of rotatable bonds is 3. The summed E-state index contributed by atoms with van der Waals surface area (Å²) in [5.41, 5.74) is 0.817. The highest BCUT2D eigenvalue weighted by molar-refractivity contribution is 9.10. The highest BCUT2D eigenvalue weighted by Crippen LogP contribution is 2.30. The number of nitrogens with zero attached hydrogens (tertiary/aromatic N) is 6. The summed E-state index contributed by atoms with van der Waals surface area (Å²) in [5, 5.41) is 5.34. The van der Waals surface area contributed by atoms with E-state index in [9.17, 15) is 4.79 Å². The van der Waals surface area contributed by atoms with Gasteiger partial charge in [0.2, 0.25) is 5.91 Å². The number of amides is 1. The number of carbonyl (C=O) groups excluding carboxylic acids is 1. The Hall–Kier alpha value is -1.70. The number of hydrogen-bond donors (Lipinski definition) is 0. The van der Waals surface area contributed by atoms with Crippen molar-refractivity contribution in [3.05, 3.63) is 10.9 Å². The topological polar surface area (TPSA) is 67.2 Å². The minimum Gasteiger partial charge on any atom is -0.352 e. The fourth-order valence-corrected chi connectivity index (χ4v) is 4.79. The lowest BCUT2D eigenvalue weighted by Gasteiger charge is -2.36. The van der Waals surface area contributed by atoms with Gasteiger partial charge in [-0.1, -0.05) is 19.3 Å². The third kappa shape index (κ3) is 3.43. The van der Waals surface area contributed by atoms with E-state index in [-0.39, 0.29) is 0 Å². The van der Waals surface area contributed by atoms with Crippen molar-refractivity contribution in [3.63, 3.8) is 0 Å². The van der Waals surface area contributed by atoms with E-state index in [0.717, 1.165) is 54.1 Å². The van der Waals surface area contributed by atoms with Gasteiger partial charge in [-0.25, -0.2) is 14.6 Å². The van der Waals surface area contributed by atoms with Gasteiger partial charge < -0.3 is 9.80 Å². The molecule has 0 aromatic carbocycles. The summed E-state index contributed by atoms with van der Waals surface area (Å²) in [6.45, 7) is 3.11. The summed E-state index contributed by atoms with van der Waals surface area (Å²) >= 11 is 3.52. The zero-order valence-electron chi connectivity index (χ0n) is 15.2. The van der Waals surface area contributed by atoms with Crippen LogP contribution in [0.4, 0.5) is 5.82 Å². The summed E-state index contributed by atoms with van der Waals surface area (Å²) in [6.07, 6.45) is 8.67. The second kappa shape index (κ2) is 7.50. The van der Waals surface area contributed by atoms with Crippen LogP contribution in [0, 0.1) is 5.92 Å². The molecule has 26 heavy (non-hydrogen) atoms. The van der Waals surface area contributed by atoms with Gasteiger partial charge in [0, 0.05) is 39.6 Å². The van der Waals surface area contributed by atoms with Crippen LogP contribution >= 0.6 is 15.9 Å². The molecule has 0 N–H and O–H groups in total. The first-order chi connectivity index (χ1) is 12.6. The van der Waals surface area contributed by atoms with Gasteiger partial charge in [-0.15, -0.1) is 0 Å². The first-order valence-corrected chi connectivity index (χ1v) is 10.3. The van der Waals surface area contributed by atoms with Crippen LogP contribution in [0.2, 0.25) is 0 Å². The Morgan fingerprint density at radius 3 is 2.62 bits per heavy atom. The van der Waals surface area contributed by atoms with Crippen LogP contribution in [0.25, 0.3) is 11.0 Å². The average molecular weight is 421 g/mol. The van der Waals surface area contributed by atoms with Gasteiger partial charge in [0.05, 0.1) is 5.39 Å². The number of carbonyl (C=O) groups is 1. The van der Waals surface area contributed by atoms with Crippen molar-refractivity contribution in [2.24, 2.45) is 13.0 Å². The number of aryl methyl sites for hydroxylation is 1. The fourth-order valence-electron chi connectivity index (χ4n) is 4.20. The van der Waals surface area contributed by atoms with Crippen molar-refractivity contribution in [3.8, 4) is 0 Å². The van der Waals surface area contributed by atoms with Gasteiger partial charge in [-0.05, 0) is 34.7 Å². The molecule has 2 aliphatic rings. The predicted molar refractivity (Wildman–Crippen MR) is 104 cm³/mol. The molecule has 4 rings (SSSR count). The largest absolute Gasteiger partial charge is 0.352 e. The number of halogens is 1. The smallest absolute Gasteiger partial charge is 0.222 e. The first kappa shape index (κ1) is 17.7. The molecule has 1 aliphatic carbocycles. The van der Waals surface area contributed by atoms with Crippen molar-refractivity contribution in [1.29, 1.82) is 0 Å². The van der Waals surface area contributed by atoms with Crippen LogP contribution in [0.15, 0.2) is 10.9 Å². The molecule has 3 heterocycles. The Kier molecular flexibility index (Phi) is 5.11. The highest BCUT2D eigenvalue weighted by Gasteiger charge is 2.26. The average Bonchev–Trinajstić information content (AvgIpc) is 2.97. The molecule has 0 radical (unpaired) electrons. The maximum Gasteiger partial charge on any atom is 0.222 e. The number of fused-ring (bicyclic) bond motifs is 1. The SMILES string of the molecule is Cn1nc(Br)c2c(N3CCN(C(=O)CC4CCCCC4)CC3)ncnc21. The summed E-state index contributed by atoms with van der Waals surface area (Å²) in [6, 6.07) is 0. The number of anilines is 1. The van der Waals surface area contributed by atoms with Gasteiger partial charge in [-0.3, -0.25) is 4.79 Å². The molecule has 2 aromatic rings. The lowest BCUT2D eigenvalue weighted by molar-refractivity contribution is -0.132. The number of piperazine rings is 1. The van der Waals surface area contributed by atoms with Crippen molar-refractivity contribution >= 4 is 38.7 Å². The van der Waals surface area contributed by atoms with Crippen molar-refractivity contribution in [1.82, 2.24) is 24.6 Å². The summed E-state index contributed by atoms with van der Waals surface area (Å²) in [5.74, 6) is 1.82. The third-order valence-electron chi connectivity index (χ3n) is 5.68. The van der Waals surface area contributed by atoms with E-state index < -0.39 is 0 Å². The Labute approximate surface area is 161 Å². The van der Waals surface area contributed by atoms with E-state index in [1.807, 2.05) is 11.9 Å². The molecule has 140 valence electrons. The zero-order valence-corrected chi connectivity index (χ0v) is 16.8. The minimum atomic E-state index is 0.326. The van der Waals surface area contributed by atoms with Gasteiger partial charge >= 0.3 is 0 Å². The molecule has 1 aliphatic heterocycles. The summed E-state index contributed by atoms with van der Waals surface area (Å²) in [7, 11) is 1.88. The van der Waals surface area contributed by atoms with E-state index >= 15 is 0 Å². The van der Waals surface area contributed by atoms with Crippen LogP contribution in [0.1, 0.15) is 38.5 Å². The van der Waals surface area contributed by atoms with E-state index in [2.05, 4.69) is 35.9 Å². The van der Waals surface area contributed by atoms with E-state index in [1.165, 1.54) is 32.1 Å². The molecule has 1 amide bonds. The number of hydrogen-bond acceptors (Lipinski definition) is 5. The molecule has 0 bridgehead atoms. The summed E-state index contributed by atoms with van der Waals surface area (Å²) in [4.78, 5) is 25.7. The molecule has 8 heteroatoms. The van der Waals surface area contributed by atoms with Crippen LogP contribution < -0.4 is 4.90 Å². The Morgan fingerprint density at radius 1 is 1.15 bits per heavy atom. The molecular formula is C18H25BrN6O. The lowest BCUT2D eigenvalue weighted by atomic mass is 9.86. The van der Waals surface area contributed by atoms with E-state index in [4.69, 9.17) is 0 Å². The van der Waals surface area contributed by atoms with E-state index in [1.54, 1.807) is 11.0 Å². The van der Waals surface area contributed by atoms with Gasteiger partial charge in [0.15, 0.2) is 5.65 Å². The van der Waals surface area contributed by atoms with Gasteiger partial charge in [-0.2, -0.15) is 5.10 Å². The van der Waals surface area contributed by atoms with Crippen LogP contribution in [-0.2, 0) is 11.8 Å². The quantitative estimate of drug-likeness (QED) is 0.763. The molecule has 1 saturated heterocycles. The standard InChI is InChI=1S/C18H25BrN6O/c1-23-17-15(16(19)22-23)18(21-12-20-17)25-9-7-24(8-10-25)14(26)11-13-5-3-2-4-6-13/h12-13H,2-11H2,1H3. The van der Waals surface area contributed by atoms with Crippen molar-refractivity contribution in [2.75, 3.05) is 31.1 Å². The third-order valence-corrected chi connectivity index (χ3v) is 6.23. The Balaban J connectivity index is 1.41. The fraction of sp³-hybridized carbons (Fsp3) is 0.667. The monoisotopic (exact) mass is 420 g/mol. The second-order valence-corrected chi connectivity index (χ2v) is 8.14. The molecule has 0 atom stereocenters. The Bertz CT molecular complexity index is 792. The van der Waals surface area contributed by atoms with Crippen molar-refractivity contribution in [2.45, 2.75) is 38.5 Å². The van der Waals surface area contributed by atoms with Crippen LogP contribution in [0.3, 0.4) is 0 Å². The molecule has 2 fully saturated rings.